The summed E-state index contributed by atoms with van der Waals surface area (Å²) in [5, 5.41) is 10.6. The van der Waals surface area contributed by atoms with Crippen LogP contribution in [0.25, 0.3) is 11.0 Å². The van der Waals surface area contributed by atoms with E-state index in [4.69, 9.17) is 4.52 Å². The number of aliphatic imine (C=N–C) groups is 1. The van der Waals surface area contributed by atoms with Crippen molar-refractivity contribution in [1.29, 1.82) is 0 Å². The number of nitrogens with zero attached hydrogens (tertiary/aromatic N) is 4. The predicted molar refractivity (Wildman–Crippen MR) is 103 cm³/mol. The van der Waals surface area contributed by atoms with E-state index < -0.39 is 0 Å². The zero-order valence-corrected chi connectivity index (χ0v) is 15.8. The van der Waals surface area contributed by atoms with Crippen LogP contribution in [0.5, 0.6) is 0 Å². The molecule has 0 spiro atoms. The van der Waals surface area contributed by atoms with Gasteiger partial charge in [0.1, 0.15) is 12.4 Å². The van der Waals surface area contributed by atoms with Crippen molar-refractivity contribution in [1.82, 2.24) is 25.3 Å². The largest absolute Gasteiger partial charge is 0.359 e. The highest BCUT2D eigenvalue weighted by Gasteiger charge is 2.09. The smallest absolute Gasteiger partial charge is 0.192 e. The van der Waals surface area contributed by atoms with E-state index in [9.17, 15) is 0 Å². The summed E-state index contributed by atoms with van der Waals surface area (Å²) < 4.78 is 7.44. The summed E-state index contributed by atoms with van der Waals surface area (Å²) in [4.78, 5) is 9.30. The fourth-order valence-electron chi connectivity index (χ4n) is 2.68. The van der Waals surface area contributed by atoms with Crippen LogP contribution in [0.3, 0.4) is 0 Å². The molecule has 3 aromatic rings. The van der Waals surface area contributed by atoms with Crippen LogP contribution in [0.2, 0.25) is 0 Å². The number of nitrogens with one attached hydrogen (secondary N) is 2. The Labute approximate surface area is 153 Å². The van der Waals surface area contributed by atoms with E-state index >= 15 is 0 Å². The van der Waals surface area contributed by atoms with Crippen molar-refractivity contribution in [2.75, 3.05) is 6.54 Å². The number of aromatic nitrogens is 3. The summed E-state index contributed by atoms with van der Waals surface area (Å²) in [5.74, 6) is 2.79. The quantitative estimate of drug-likeness (QED) is 0.525. The summed E-state index contributed by atoms with van der Waals surface area (Å²) in [6, 6.07) is 10.1. The molecule has 2 heterocycles. The fourth-order valence-corrected chi connectivity index (χ4v) is 2.68. The van der Waals surface area contributed by atoms with Gasteiger partial charge in [-0.3, -0.25) is 0 Å². The maximum Gasteiger partial charge on any atom is 0.192 e. The topological polar surface area (TPSA) is 80.3 Å². The van der Waals surface area contributed by atoms with Crippen LogP contribution in [-0.4, -0.2) is 27.2 Å². The summed E-state index contributed by atoms with van der Waals surface area (Å²) >= 11 is 0. The maximum atomic E-state index is 5.36. The molecule has 7 nitrogen and oxygen atoms in total. The van der Waals surface area contributed by atoms with E-state index in [-0.39, 0.29) is 0 Å². The summed E-state index contributed by atoms with van der Waals surface area (Å²) in [6.45, 7) is 8.04. The third kappa shape index (κ3) is 4.04. The molecule has 2 N–H and O–H groups in total. The highest BCUT2D eigenvalue weighted by Crippen LogP contribution is 2.15. The first kappa shape index (κ1) is 18.0. The second-order valence-corrected chi connectivity index (χ2v) is 6.50. The zero-order valence-electron chi connectivity index (χ0n) is 15.8. The van der Waals surface area contributed by atoms with E-state index in [1.54, 1.807) is 0 Å². The Morgan fingerprint density at radius 3 is 2.77 bits per heavy atom. The van der Waals surface area contributed by atoms with Crippen LogP contribution >= 0.6 is 0 Å². The Kier molecular flexibility index (Phi) is 5.55. The molecule has 0 saturated carbocycles. The molecule has 0 atom stereocenters. The number of rotatable bonds is 6. The average Bonchev–Trinajstić information content (AvgIpc) is 3.23. The molecule has 3 rings (SSSR count). The van der Waals surface area contributed by atoms with Crippen molar-refractivity contribution >= 4 is 17.0 Å². The third-order valence-electron chi connectivity index (χ3n) is 4.20. The lowest BCUT2D eigenvalue weighted by Crippen LogP contribution is -2.36. The fraction of sp³-hybridized carbons (Fsp3) is 0.421. The predicted octanol–water partition coefficient (Wildman–Crippen LogP) is 2.94. The number of guanidine groups is 1. The van der Waals surface area contributed by atoms with Gasteiger partial charge in [0, 0.05) is 19.7 Å². The monoisotopic (exact) mass is 354 g/mol. The van der Waals surface area contributed by atoms with Crippen LogP contribution < -0.4 is 10.6 Å². The molecular weight excluding hydrogens is 328 g/mol. The molecule has 2 aromatic heterocycles. The minimum Gasteiger partial charge on any atom is -0.359 e. The van der Waals surface area contributed by atoms with Gasteiger partial charge in [-0.2, -0.15) is 0 Å². The lowest BCUT2D eigenvalue weighted by Gasteiger charge is -2.09. The van der Waals surface area contributed by atoms with Crippen molar-refractivity contribution in [3.63, 3.8) is 0 Å². The summed E-state index contributed by atoms with van der Waals surface area (Å²) in [6.07, 6.45) is 0. The molecule has 0 radical (unpaired) electrons. The molecule has 0 unspecified atom stereocenters. The molecule has 0 aliphatic rings. The molecule has 0 aliphatic carbocycles. The Morgan fingerprint density at radius 1 is 1.27 bits per heavy atom. The lowest BCUT2D eigenvalue weighted by atomic mass is 10.1. The molecule has 26 heavy (non-hydrogen) atoms. The number of para-hydroxylation sites is 2. The van der Waals surface area contributed by atoms with Crippen molar-refractivity contribution in [2.24, 2.45) is 12.0 Å². The van der Waals surface area contributed by atoms with Gasteiger partial charge in [-0.25, -0.2) is 9.98 Å². The van der Waals surface area contributed by atoms with Gasteiger partial charge in [0.25, 0.3) is 0 Å². The highest BCUT2D eigenvalue weighted by molar-refractivity contribution is 5.80. The SMILES string of the molecule is CCNC(=NCc1nc2ccccc2n1C)NCc1cc(C(C)C)no1. The summed E-state index contributed by atoms with van der Waals surface area (Å²) in [7, 11) is 2.02. The number of aryl methyl sites for hydroxylation is 1. The molecule has 0 bridgehead atoms. The van der Waals surface area contributed by atoms with Crippen molar-refractivity contribution in [2.45, 2.75) is 39.8 Å². The van der Waals surface area contributed by atoms with Crippen molar-refractivity contribution < 1.29 is 4.52 Å². The average molecular weight is 354 g/mol. The van der Waals surface area contributed by atoms with Gasteiger partial charge in [0.15, 0.2) is 11.7 Å². The normalized spacial score (nSPS) is 12.1. The Bertz CT molecular complexity index is 892. The van der Waals surface area contributed by atoms with E-state index in [0.717, 1.165) is 40.8 Å². The molecule has 0 saturated heterocycles. The molecule has 0 fully saturated rings. The number of hydrogen-bond donors (Lipinski definition) is 2. The van der Waals surface area contributed by atoms with Gasteiger partial charge < -0.3 is 19.7 Å². The van der Waals surface area contributed by atoms with Crippen LogP contribution in [0, 0.1) is 0 Å². The Hall–Kier alpha value is -2.83. The zero-order chi connectivity index (χ0) is 18.5. The van der Waals surface area contributed by atoms with Gasteiger partial charge in [-0.15, -0.1) is 0 Å². The lowest BCUT2D eigenvalue weighted by molar-refractivity contribution is 0.372. The first-order valence-corrected chi connectivity index (χ1v) is 8.96. The van der Waals surface area contributed by atoms with Gasteiger partial charge in [0.2, 0.25) is 0 Å². The van der Waals surface area contributed by atoms with Crippen molar-refractivity contribution in [3.8, 4) is 0 Å². The van der Waals surface area contributed by atoms with Crippen LogP contribution in [0.15, 0.2) is 39.8 Å². The Balaban J connectivity index is 1.68. The second kappa shape index (κ2) is 8.03. The number of benzene rings is 1. The molecule has 0 amide bonds. The first-order valence-electron chi connectivity index (χ1n) is 8.96. The van der Waals surface area contributed by atoms with Crippen LogP contribution in [-0.2, 0) is 20.1 Å². The minimum atomic E-state index is 0.354. The second-order valence-electron chi connectivity index (χ2n) is 6.50. The maximum absolute atomic E-state index is 5.36. The number of hydrogen-bond acceptors (Lipinski definition) is 4. The van der Waals surface area contributed by atoms with Gasteiger partial charge in [-0.05, 0) is 25.0 Å². The molecule has 138 valence electrons. The third-order valence-corrected chi connectivity index (χ3v) is 4.20. The van der Waals surface area contributed by atoms with Crippen LogP contribution in [0.4, 0.5) is 0 Å². The van der Waals surface area contributed by atoms with Crippen LogP contribution in [0.1, 0.15) is 44.0 Å². The van der Waals surface area contributed by atoms with Gasteiger partial charge in [-0.1, -0.05) is 31.1 Å². The standard InChI is InChI=1S/C19H26N6O/c1-5-20-19(21-11-14-10-16(13(2)3)24-26-14)22-12-18-23-15-8-6-7-9-17(15)25(18)4/h6-10,13H,5,11-12H2,1-4H3,(H2,20,21,22). The number of fused-ring (bicyclic) bond motifs is 1. The van der Waals surface area contributed by atoms with Gasteiger partial charge >= 0.3 is 0 Å². The highest BCUT2D eigenvalue weighted by atomic mass is 16.5. The Morgan fingerprint density at radius 2 is 2.08 bits per heavy atom. The van der Waals surface area contributed by atoms with E-state index in [1.807, 2.05) is 38.2 Å². The minimum absolute atomic E-state index is 0.354. The van der Waals surface area contributed by atoms with E-state index in [2.05, 4.69) is 50.2 Å². The van der Waals surface area contributed by atoms with Gasteiger partial charge in [0.05, 0.1) is 23.3 Å². The first-order chi connectivity index (χ1) is 12.6. The van der Waals surface area contributed by atoms with E-state index in [0.29, 0.717) is 19.0 Å². The molecule has 7 heteroatoms. The molecule has 1 aromatic carbocycles. The van der Waals surface area contributed by atoms with E-state index in [1.165, 1.54) is 0 Å². The van der Waals surface area contributed by atoms with Crippen molar-refractivity contribution in [3.05, 3.63) is 47.6 Å². The number of imidazole rings is 1. The molecular formula is C19H26N6O. The molecule has 0 aliphatic heterocycles. The summed E-state index contributed by atoms with van der Waals surface area (Å²) in [5.41, 5.74) is 3.06.